The molecule has 142 valence electrons. The van der Waals surface area contributed by atoms with Gasteiger partial charge in [-0.3, -0.25) is 9.59 Å². The van der Waals surface area contributed by atoms with E-state index >= 15 is 0 Å². The summed E-state index contributed by atoms with van der Waals surface area (Å²) in [4.78, 5) is 26.8. The molecule has 26 heavy (non-hydrogen) atoms. The number of benzene rings is 1. The fourth-order valence-corrected chi connectivity index (χ4v) is 3.88. The molecular formula is C21H30N2O3. The van der Waals surface area contributed by atoms with Crippen molar-refractivity contribution >= 4 is 17.5 Å². The number of aryl methyl sites for hydroxylation is 1. The number of nitrogens with one attached hydrogen (secondary N) is 1. The van der Waals surface area contributed by atoms with Gasteiger partial charge in [-0.05, 0) is 63.6 Å². The number of carbonyl (C=O) groups is 2. The lowest BCUT2D eigenvalue weighted by Gasteiger charge is -2.21. The topological polar surface area (TPSA) is 58.6 Å². The fraction of sp³-hybridized carbons (Fsp3) is 0.619. The highest BCUT2D eigenvalue weighted by Gasteiger charge is 2.36. The molecule has 1 N–H and O–H groups in total. The molecule has 3 atom stereocenters. The van der Waals surface area contributed by atoms with E-state index in [9.17, 15) is 9.59 Å². The first-order chi connectivity index (χ1) is 12.5. The Hall–Kier alpha value is -1.88. The second kappa shape index (κ2) is 8.21. The zero-order chi connectivity index (χ0) is 18.7. The number of ether oxygens (including phenoxy) is 1. The van der Waals surface area contributed by atoms with E-state index in [1.165, 1.54) is 0 Å². The average Bonchev–Trinajstić information content (AvgIpc) is 3.25. The minimum atomic E-state index is -0.271. The van der Waals surface area contributed by atoms with Gasteiger partial charge in [-0.25, -0.2) is 0 Å². The largest absolute Gasteiger partial charge is 0.378 e. The van der Waals surface area contributed by atoms with Gasteiger partial charge in [-0.15, -0.1) is 0 Å². The van der Waals surface area contributed by atoms with Crippen molar-refractivity contribution in [2.45, 2.75) is 65.0 Å². The average molecular weight is 358 g/mol. The lowest BCUT2D eigenvalue weighted by Crippen LogP contribution is -2.38. The third kappa shape index (κ3) is 4.26. The molecule has 0 radical (unpaired) electrons. The van der Waals surface area contributed by atoms with Crippen LogP contribution < -0.4 is 10.2 Å². The van der Waals surface area contributed by atoms with Crippen LogP contribution in [-0.4, -0.2) is 37.1 Å². The lowest BCUT2D eigenvalue weighted by atomic mass is 10.0. The second-order valence-electron chi connectivity index (χ2n) is 7.75. The number of amides is 2. The Morgan fingerprint density at radius 1 is 1.38 bits per heavy atom. The fourth-order valence-electron chi connectivity index (χ4n) is 3.88. The van der Waals surface area contributed by atoms with Crippen LogP contribution >= 0.6 is 0 Å². The van der Waals surface area contributed by atoms with E-state index in [0.29, 0.717) is 12.6 Å². The molecule has 0 saturated carbocycles. The number of hydrogen-bond acceptors (Lipinski definition) is 3. The Labute approximate surface area is 156 Å². The summed E-state index contributed by atoms with van der Waals surface area (Å²) >= 11 is 0. The molecule has 2 aliphatic rings. The van der Waals surface area contributed by atoms with Crippen LogP contribution in [0.2, 0.25) is 0 Å². The van der Waals surface area contributed by atoms with Crippen molar-refractivity contribution in [1.82, 2.24) is 5.32 Å². The summed E-state index contributed by atoms with van der Waals surface area (Å²) in [6.07, 6.45) is 4.81. The molecule has 0 aliphatic carbocycles. The van der Waals surface area contributed by atoms with Gasteiger partial charge >= 0.3 is 0 Å². The highest BCUT2D eigenvalue weighted by atomic mass is 16.5. The van der Waals surface area contributed by atoms with Crippen LogP contribution in [0, 0.1) is 19.8 Å². The number of carbonyl (C=O) groups excluding carboxylic acids is 2. The van der Waals surface area contributed by atoms with Gasteiger partial charge in [0.1, 0.15) is 0 Å². The van der Waals surface area contributed by atoms with Gasteiger partial charge in [0, 0.05) is 31.3 Å². The van der Waals surface area contributed by atoms with Gasteiger partial charge < -0.3 is 15.0 Å². The molecule has 0 spiro atoms. The molecule has 1 aromatic rings. The first kappa shape index (κ1) is 18.9. The molecule has 0 aromatic heterocycles. The standard InChI is InChI=1S/C21H30N2O3/c1-14-6-4-8-19(16(14)3)23-13-17(12-20(23)24)21(25)22-15(2)9-10-18-7-5-11-26-18/h4,6,8,15,17-18H,5,7,9-13H2,1-3H3,(H,22,25). The van der Waals surface area contributed by atoms with Gasteiger partial charge in [0.25, 0.3) is 0 Å². The van der Waals surface area contributed by atoms with Crippen molar-refractivity contribution in [3.63, 3.8) is 0 Å². The summed E-state index contributed by atoms with van der Waals surface area (Å²) in [6.45, 7) is 7.43. The summed E-state index contributed by atoms with van der Waals surface area (Å²) < 4.78 is 5.64. The summed E-state index contributed by atoms with van der Waals surface area (Å²) in [5, 5.41) is 3.09. The van der Waals surface area contributed by atoms with Crippen LogP contribution in [0.5, 0.6) is 0 Å². The molecule has 3 unspecified atom stereocenters. The molecule has 2 saturated heterocycles. The monoisotopic (exact) mass is 358 g/mol. The van der Waals surface area contributed by atoms with Gasteiger partial charge in [0.05, 0.1) is 12.0 Å². The molecule has 2 amide bonds. The predicted octanol–water partition coefficient (Wildman–Crippen LogP) is 3.12. The van der Waals surface area contributed by atoms with E-state index in [1.54, 1.807) is 4.90 Å². The third-order valence-electron chi connectivity index (χ3n) is 5.70. The Kier molecular flexibility index (Phi) is 5.97. The number of anilines is 1. The van der Waals surface area contributed by atoms with Crippen LogP contribution in [0.4, 0.5) is 5.69 Å². The predicted molar refractivity (Wildman–Crippen MR) is 102 cm³/mol. The number of rotatable bonds is 6. The van der Waals surface area contributed by atoms with E-state index < -0.39 is 0 Å². The van der Waals surface area contributed by atoms with Gasteiger partial charge in [0.15, 0.2) is 0 Å². The van der Waals surface area contributed by atoms with Crippen LogP contribution in [-0.2, 0) is 14.3 Å². The van der Waals surface area contributed by atoms with Crippen molar-refractivity contribution < 1.29 is 14.3 Å². The van der Waals surface area contributed by atoms with Crippen molar-refractivity contribution in [3.05, 3.63) is 29.3 Å². The number of hydrogen-bond donors (Lipinski definition) is 1. The third-order valence-corrected chi connectivity index (χ3v) is 5.70. The SMILES string of the molecule is Cc1cccc(N2CC(C(=O)NC(C)CCC3CCCO3)CC2=O)c1C. The van der Waals surface area contributed by atoms with E-state index in [2.05, 4.69) is 5.32 Å². The zero-order valence-corrected chi connectivity index (χ0v) is 16.1. The normalized spacial score (nSPS) is 24.1. The van der Waals surface area contributed by atoms with Crippen molar-refractivity contribution in [3.8, 4) is 0 Å². The van der Waals surface area contributed by atoms with Crippen molar-refractivity contribution in [2.75, 3.05) is 18.1 Å². The van der Waals surface area contributed by atoms with Crippen LogP contribution in [0.25, 0.3) is 0 Å². The maximum atomic E-state index is 12.6. The zero-order valence-electron chi connectivity index (χ0n) is 16.1. The Morgan fingerprint density at radius 2 is 2.19 bits per heavy atom. The van der Waals surface area contributed by atoms with Gasteiger partial charge in [-0.1, -0.05) is 12.1 Å². The maximum Gasteiger partial charge on any atom is 0.227 e. The van der Waals surface area contributed by atoms with Crippen molar-refractivity contribution in [2.24, 2.45) is 5.92 Å². The van der Waals surface area contributed by atoms with Crippen molar-refractivity contribution in [1.29, 1.82) is 0 Å². The first-order valence-electron chi connectivity index (χ1n) is 9.74. The Bertz CT molecular complexity index is 667. The molecule has 5 heteroatoms. The van der Waals surface area contributed by atoms with E-state index in [-0.39, 0.29) is 30.2 Å². The minimum absolute atomic E-state index is 0.00834. The molecule has 2 aliphatic heterocycles. The quantitative estimate of drug-likeness (QED) is 0.850. The van der Waals surface area contributed by atoms with Crippen LogP contribution in [0.1, 0.15) is 50.2 Å². The highest BCUT2D eigenvalue weighted by molar-refractivity contribution is 6.00. The molecule has 0 bridgehead atoms. The molecule has 3 rings (SSSR count). The lowest BCUT2D eigenvalue weighted by molar-refractivity contribution is -0.126. The minimum Gasteiger partial charge on any atom is -0.378 e. The molecule has 2 heterocycles. The molecular weight excluding hydrogens is 328 g/mol. The maximum absolute atomic E-state index is 12.6. The first-order valence-corrected chi connectivity index (χ1v) is 9.74. The van der Waals surface area contributed by atoms with Gasteiger partial charge in [0.2, 0.25) is 11.8 Å². The molecule has 1 aromatic carbocycles. The Balaban J connectivity index is 1.54. The number of nitrogens with zero attached hydrogens (tertiary/aromatic N) is 1. The Morgan fingerprint density at radius 3 is 2.92 bits per heavy atom. The highest BCUT2D eigenvalue weighted by Crippen LogP contribution is 2.29. The summed E-state index contributed by atoms with van der Waals surface area (Å²) in [5.41, 5.74) is 3.19. The molecule has 2 fully saturated rings. The van der Waals surface area contributed by atoms with Gasteiger partial charge in [-0.2, -0.15) is 0 Å². The summed E-state index contributed by atoms with van der Waals surface area (Å²) in [6, 6.07) is 6.08. The van der Waals surface area contributed by atoms with Crippen LogP contribution in [0.3, 0.4) is 0 Å². The summed E-state index contributed by atoms with van der Waals surface area (Å²) in [7, 11) is 0. The van der Waals surface area contributed by atoms with E-state index in [1.807, 2.05) is 39.0 Å². The van der Waals surface area contributed by atoms with E-state index in [4.69, 9.17) is 4.74 Å². The smallest absolute Gasteiger partial charge is 0.227 e. The second-order valence-corrected chi connectivity index (χ2v) is 7.75. The van der Waals surface area contributed by atoms with Crippen LogP contribution in [0.15, 0.2) is 18.2 Å². The van der Waals surface area contributed by atoms with E-state index in [0.717, 1.165) is 49.1 Å². The summed E-state index contributed by atoms with van der Waals surface area (Å²) in [5.74, 6) is -0.246. The molecule has 5 nitrogen and oxygen atoms in total.